The number of aryl methyl sites for hydroxylation is 1. The third-order valence-corrected chi connectivity index (χ3v) is 5.25. The van der Waals surface area contributed by atoms with Gasteiger partial charge in [-0.3, -0.25) is 4.79 Å². The zero-order valence-electron chi connectivity index (χ0n) is 16.9. The van der Waals surface area contributed by atoms with Crippen LogP contribution in [0.2, 0.25) is 0 Å². The van der Waals surface area contributed by atoms with Crippen LogP contribution in [0.3, 0.4) is 0 Å². The van der Waals surface area contributed by atoms with E-state index in [1.54, 1.807) is 14.2 Å². The van der Waals surface area contributed by atoms with E-state index in [4.69, 9.17) is 14.2 Å². The highest BCUT2D eigenvalue weighted by molar-refractivity contribution is 5.77. The third kappa shape index (κ3) is 4.41. The Kier molecular flexibility index (Phi) is 6.80. The summed E-state index contributed by atoms with van der Waals surface area (Å²) in [5, 5.41) is 0. The maximum atomic E-state index is 13.0. The molecule has 1 fully saturated rings. The van der Waals surface area contributed by atoms with Gasteiger partial charge >= 0.3 is 0 Å². The fourth-order valence-electron chi connectivity index (χ4n) is 3.87. The molecule has 0 bridgehead atoms. The van der Waals surface area contributed by atoms with Gasteiger partial charge in [-0.05, 0) is 49.9 Å². The summed E-state index contributed by atoms with van der Waals surface area (Å²) in [6.45, 7) is 3.38. The maximum absolute atomic E-state index is 13.0. The fraction of sp³-hybridized carbons (Fsp3) is 0.435. The van der Waals surface area contributed by atoms with Crippen molar-refractivity contribution in [2.75, 3.05) is 27.4 Å². The van der Waals surface area contributed by atoms with Crippen molar-refractivity contribution >= 4 is 5.91 Å². The Bertz CT molecular complexity index is 805. The molecule has 1 aliphatic heterocycles. The quantitative estimate of drug-likeness (QED) is 0.678. The van der Waals surface area contributed by atoms with Crippen molar-refractivity contribution in [2.24, 2.45) is 0 Å². The van der Waals surface area contributed by atoms with E-state index in [0.717, 1.165) is 47.8 Å². The molecule has 2 aromatic carbocycles. The van der Waals surface area contributed by atoms with Crippen molar-refractivity contribution in [3.63, 3.8) is 0 Å². The molecule has 0 aromatic heterocycles. The number of nitrogens with zero attached hydrogens (tertiary/aromatic N) is 1. The molecule has 0 N–H and O–H groups in total. The van der Waals surface area contributed by atoms with Gasteiger partial charge < -0.3 is 19.1 Å². The second-order valence-corrected chi connectivity index (χ2v) is 6.89. The van der Waals surface area contributed by atoms with Crippen LogP contribution in [0.5, 0.6) is 17.2 Å². The van der Waals surface area contributed by atoms with Crippen molar-refractivity contribution in [1.29, 1.82) is 0 Å². The Morgan fingerprint density at radius 1 is 1.11 bits per heavy atom. The van der Waals surface area contributed by atoms with Crippen LogP contribution in [0, 0.1) is 0 Å². The zero-order chi connectivity index (χ0) is 19.9. The molecule has 1 heterocycles. The maximum Gasteiger partial charge on any atom is 0.223 e. The largest absolute Gasteiger partial charge is 0.497 e. The number of hydrogen-bond acceptors (Lipinski definition) is 4. The van der Waals surface area contributed by atoms with E-state index in [0.29, 0.717) is 19.4 Å². The summed E-state index contributed by atoms with van der Waals surface area (Å²) in [7, 11) is 3.30. The molecular formula is C23H29NO4. The normalized spacial score (nSPS) is 16.1. The lowest BCUT2D eigenvalue weighted by atomic mass is 10.0. The molecule has 1 unspecified atom stereocenters. The van der Waals surface area contributed by atoms with Crippen LogP contribution in [0.4, 0.5) is 0 Å². The predicted molar refractivity (Wildman–Crippen MR) is 109 cm³/mol. The number of methoxy groups -OCH3 is 2. The Hall–Kier alpha value is -2.69. The van der Waals surface area contributed by atoms with Crippen LogP contribution >= 0.6 is 0 Å². The number of hydrogen-bond donors (Lipinski definition) is 0. The minimum Gasteiger partial charge on any atom is -0.497 e. The first-order valence-corrected chi connectivity index (χ1v) is 9.90. The van der Waals surface area contributed by atoms with Gasteiger partial charge in [-0.25, -0.2) is 0 Å². The summed E-state index contributed by atoms with van der Waals surface area (Å²) < 4.78 is 16.5. The molecule has 1 saturated heterocycles. The summed E-state index contributed by atoms with van der Waals surface area (Å²) in [5.41, 5.74) is 2.12. The molecule has 2 aromatic rings. The Morgan fingerprint density at radius 3 is 2.68 bits per heavy atom. The molecule has 5 nitrogen and oxygen atoms in total. The topological polar surface area (TPSA) is 48.0 Å². The Morgan fingerprint density at radius 2 is 1.93 bits per heavy atom. The van der Waals surface area contributed by atoms with Crippen LogP contribution in [-0.2, 0) is 11.2 Å². The van der Waals surface area contributed by atoms with Crippen molar-refractivity contribution in [3.05, 3.63) is 53.6 Å². The molecule has 1 amide bonds. The smallest absolute Gasteiger partial charge is 0.223 e. The number of ether oxygens (including phenoxy) is 3. The Labute approximate surface area is 167 Å². The molecule has 0 radical (unpaired) electrons. The van der Waals surface area contributed by atoms with E-state index in [9.17, 15) is 4.79 Å². The van der Waals surface area contributed by atoms with E-state index < -0.39 is 0 Å². The SMILES string of the molecule is CCOc1ccccc1CCC(=O)N1CCCC1c1ccc(OC)cc1OC. The van der Waals surface area contributed by atoms with Crippen molar-refractivity contribution < 1.29 is 19.0 Å². The van der Waals surface area contributed by atoms with Gasteiger partial charge in [-0.2, -0.15) is 0 Å². The van der Waals surface area contributed by atoms with Crippen LogP contribution in [-0.4, -0.2) is 38.2 Å². The van der Waals surface area contributed by atoms with Crippen LogP contribution in [0.1, 0.15) is 43.4 Å². The highest BCUT2D eigenvalue weighted by atomic mass is 16.5. The number of likely N-dealkylation sites (tertiary alicyclic amines) is 1. The summed E-state index contributed by atoms with van der Waals surface area (Å²) in [5.74, 6) is 2.56. The second kappa shape index (κ2) is 9.49. The van der Waals surface area contributed by atoms with Crippen molar-refractivity contribution in [2.45, 2.75) is 38.6 Å². The summed E-state index contributed by atoms with van der Waals surface area (Å²) in [6.07, 6.45) is 3.10. The minimum absolute atomic E-state index is 0.0514. The van der Waals surface area contributed by atoms with Gasteiger partial charge in [0, 0.05) is 24.6 Å². The van der Waals surface area contributed by atoms with E-state index in [1.807, 2.05) is 54.3 Å². The highest BCUT2D eigenvalue weighted by Crippen LogP contribution is 2.39. The van der Waals surface area contributed by atoms with Gasteiger partial charge in [0.2, 0.25) is 5.91 Å². The molecule has 3 rings (SSSR count). The van der Waals surface area contributed by atoms with E-state index in [1.165, 1.54) is 0 Å². The van der Waals surface area contributed by atoms with E-state index >= 15 is 0 Å². The third-order valence-electron chi connectivity index (χ3n) is 5.25. The second-order valence-electron chi connectivity index (χ2n) is 6.89. The lowest BCUT2D eigenvalue weighted by Gasteiger charge is -2.27. The molecule has 1 atom stereocenters. The zero-order valence-corrected chi connectivity index (χ0v) is 16.9. The van der Waals surface area contributed by atoms with Gasteiger partial charge in [-0.15, -0.1) is 0 Å². The summed E-state index contributed by atoms with van der Waals surface area (Å²) >= 11 is 0. The lowest BCUT2D eigenvalue weighted by molar-refractivity contribution is -0.132. The first-order valence-electron chi connectivity index (χ1n) is 9.90. The van der Waals surface area contributed by atoms with Gasteiger partial charge in [-0.1, -0.05) is 18.2 Å². The molecule has 1 aliphatic rings. The number of rotatable bonds is 8. The lowest BCUT2D eigenvalue weighted by Crippen LogP contribution is -2.31. The minimum atomic E-state index is 0.0514. The molecular weight excluding hydrogens is 354 g/mol. The van der Waals surface area contributed by atoms with Gasteiger partial charge in [0.25, 0.3) is 0 Å². The number of amides is 1. The molecule has 150 valence electrons. The number of carbonyl (C=O) groups excluding carboxylic acids is 1. The predicted octanol–water partition coefficient (Wildman–Crippen LogP) is 4.40. The molecule has 0 aliphatic carbocycles. The van der Waals surface area contributed by atoms with Crippen molar-refractivity contribution in [1.82, 2.24) is 4.90 Å². The summed E-state index contributed by atoms with van der Waals surface area (Å²) in [4.78, 5) is 15.0. The van der Waals surface area contributed by atoms with Gasteiger partial charge in [0.05, 0.1) is 26.9 Å². The standard InChI is InChI=1S/C23H29NO4/c1-4-28-21-10-6-5-8-17(21)11-14-23(25)24-15-7-9-20(24)19-13-12-18(26-2)16-22(19)27-3/h5-6,8,10,12-13,16,20H,4,7,9,11,14-15H2,1-3H3. The van der Waals surface area contributed by atoms with Crippen LogP contribution in [0.25, 0.3) is 0 Å². The monoisotopic (exact) mass is 383 g/mol. The highest BCUT2D eigenvalue weighted by Gasteiger charge is 2.31. The van der Waals surface area contributed by atoms with E-state index in [-0.39, 0.29) is 11.9 Å². The molecule has 0 spiro atoms. The van der Waals surface area contributed by atoms with Crippen molar-refractivity contribution in [3.8, 4) is 17.2 Å². The van der Waals surface area contributed by atoms with Crippen LogP contribution in [0.15, 0.2) is 42.5 Å². The number of para-hydroxylation sites is 1. The van der Waals surface area contributed by atoms with Crippen LogP contribution < -0.4 is 14.2 Å². The Balaban J connectivity index is 1.72. The molecule has 5 heteroatoms. The van der Waals surface area contributed by atoms with Gasteiger partial charge in [0.15, 0.2) is 0 Å². The van der Waals surface area contributed by atoms with E-state index in [2.05, 4.69) is 0 Å². The van der Waals surface area contributed by atoms with Gasteiger partial charge in [0.1, 0.15) is 17.2 Å². The first-order chi connectivity index (χ1) is 13.7. The molecule has 28 heavy (non-hydrogen) atoms. The average Bonchev–Trinajstić information content (AvgIpc) is 3.22. The fourth-order valence-corrected chi connectivity index (χ4v) is 3.87. The number of carbonyl (C=O) groups is 1. The number of benzene rings is 2. The summed E-state index contributed by atoms with van der Waals surface area (Å²) in [6, 6.07) is 13.8. The first kappa shape index (κ1) is 20.1. The molecule has 0 saturated carbocycles. The average molecular weight is 383 g/mol.